The topological polar surface area (TPSA) is 0 Å². The van der Waals surface area contributed by atoms with E-state index in [2.05, 4.69) is 270 Å². The quantitative estimate of drug-likeness (QED) is 0.265. The Kier molecular flexibility index (Phi) is 25.5. The molecule has 0 aromatic carbocycles. The third-order valence-corrected chi connectivity index (χ3v) is 15.4. The minimum Gasteiger partial charge on any atom is -0.0625 e. The summed E-state index contributed by atoms with van der Waals surface area (Å²) in [5, 5.41) is 0. The van der Waals surface area contributed by atoms with Gasteiger partial charge in [-0.25, -0.2) is 0 Å². The lowest BCUT2D eigenvalue weighted by molar-refractivity contribution is 0.00575. The number of rotatable bonds is 4. The molecular formula is C58H126. The van der Waals surface area contributed by atoms with E-state index in [4.69, 9.17) is 0 Å². The zero-order valence-corrected chi connectivity index (χ0v) is 49.4. The van der Waals surface area contributed by atoms with Crippen molar-refractivity contribution in [1.29, 1.82) is 0 Å². The normalized spacial score (nSPS) is 14.8. The van der Waals surface area contributed by atoms with E-state index in [1.54, 1.807) is 0 Å². The van der Waals surface area contributed by atoms with Crippen LogP contribution in [0.3, 0.4) is 0 Å². The molecule has 0 aromatic rings. The Morgan fingerprint density at radius 1 is 0.276 bits per heavy atom. The van der Waals surface area contributed by atoms with Crippen molar-refractivity contribution in [2.45, 2.75) is 289 Å². The van der Waals surface area contributed by atoms with Gasteiger partial charge in [-0.15, -0.1) is 0 Å². The maximum atomic E-state index is 2.39. The van der Waals surface area contributed by atoms with Crippen molar-refractivity contribution < 1.29 is 0 Å². The number of hydrogen-bond acceptors (Lipinski definition) is 0. The van der Waals surface area contributed by atoms with Gasteiger partial charge in [-0.1, -0.05) is 270 Å². The standard InChI is InChI=1S/C13H28.2C12H26.C11H24.C10H22/c1-11(2,3)9-10-13(7,8)12(4,5)6;1-10(2,3)9-12(7,8)11(4,5)6;1-9(2)10(11(3,4)5)12(6,7)8;1-9(2,3)11(7,8)10(4,5)6;1-8(9(2,3)4)10(5,6)7/h9-10H2,1-8H3;9H2,1-8H3;9-10H,1-8H3;1-8H3;8H,1-7H3. The van der Waals surface area contributed by atoms with Gasteiger partial charge in [0.2, 0.25) is 0 Å². The molecule has 0 aliphatic carbocycles. The molecule has 0 spiro atoms. The van der Waals surface area contributed by atoms with Crippen molar-refractivity contribution >= 4 is 0 Å². The van der Waals surface area contributed by atoms with Crippen LogP contribution in [0, 0.1) is 88.1 Å². The molecule has 0 atom stereocenters. The van der Waals surface area contributed by atoms with Crippen LogP contribution in [0.2, 0.25) is 0 Å². The fourth-order valence-corrected chi connectivity index (χ4v) is 8.38. The Labute approximate surface area is 376 Å². The van der Waals surface area contributed by atoms with Gasteiger partial charge < -0.3 is 0 Å². The van der Waals surface area contributed by atoms with Crippen LogP contribution in [0.5, 0.6) is 0 Å². The minimum absolute atomic E-state index is 0.375. The summed E-state index contributed by atoms with van der Waals surface area (Å²) >= 11 is 0. The molecule has 0 aliphatic heterocycles. The third-order valence-electron chi connectivity index (χ3n) is 15.4. The van der Waals surface area contributed by atoms with Crippen LogP contribution >= 0.6 is 0 Å². The highest BCUT2D eigenvalue weighted by molar-refractivity contribution is 4.92. The zero-order valence-electron chi connectivity index (χ0n) is 49.4. The second-order valence-electron chi connectivity index (χ2n) is 32.1. The predicted octanol–water partition coefficient (Wildman–Crippen LogP) is 21.6. The van der Waals surface area contributed by atoms with E-state index >= 15 is 0 Å². The van der Waals surface area contributed by atoms with E-state index in [1.807, 2.05) is 0 Å². The largest absolute Gasteiger partial charge is 0.0625 e. The minimum atomic E-state index is 0.375. The highest BCUT2D eigenvalue weighted by Crippen LogP contribution is 2.51. The van der Waals surface area contributed by atoms with Gasteiger partial charge in [0, 0.05) is 0 Å². The lowest BCUT2D eigenvalue weighted by Crippen LogP contribution is -2.41. The summed E-state index contributed by atoms with van der Waals surface area (Å²) in [4.78, 5) is 0. The average Bonchev–Trinajstić information content (AvgIpc) is 2.81. The molecule has 0 amide bonds. The number of hydrogen-bond donors (Lipinski definition) is 0. The molecule has 0 aliphatic rings. The van der Waals surface area contributed by atoms with Crippen LogP contribution in [-0.2, 0) is 0 Å². The Balaban J connectivity index is -0.000000202. The van der Waals surface area contributed by atoms with Gasteiger partial charge in [-0.05, 0) is 107 Å². The molecule has 58 heavy (non-hydrogen) atoms. The first kappa shape index (κ1) is 67.1. The summed E-state index contributed by atoms with van der Waals surface area (Å²) in [7, 11) is 0. The maximum absolute atomic E-state index is 2.39. The molecule has 0 bridgehead atoms. The van der Waals surface area contributed by atoms with Crippen LogP contribution in [0.1, 0.15) is 289 Å². The first-order valence-electron chi connectivity index (χ1n) is 24.1. The van der Waals surface area contributed by atoms with Crippen LogP contribution in [0.15, 0.2) is 0 Å². The summed E-state index contributed by atoms with van der Waals surface area (Å²) in [5.41, 5.74) is 5.47. The molecule has 0 saturated heterocycles. The van der Waals surface area contributed by atoms with E-state index in [1.165, 1.54) is 19.3 Å². The summed E-state index contributed by atoms with van der Waals surface area (Å²) in [6, 6.07) is 0. The highest BCUT2D eigenvalue weighted by atomic mass is 14.5. The first-order chi connectivity index (χ1) is 24.1. The van der Waals surface area contributed by atoms with Crippen molar-refractivity contribution in [3.05, 3.63) is 0 Å². The monoisotopic (exact) mass is 823 g/mol. The molecule has 0 fully saturated rings. The van der Waals surface area contributed by atoms with Crippen LogP contribution in [0.25, 0.3) is 0 Å². The summed E-state index contributed by atoms with van der Waals surface area (Å²) in [6.45, 7) is 91.1. The molecule has 0 aromatic heterocycles. The molecule has 358 valence electrons. The Hall–Kier alpha value is 0. The Morgan fingerprint density at radius 3 is 0.603 bits per heavy atom. The van der Waals surface area contributed by atoms with Gasteiger partial charge in [0.05, 0.1) is 0 Å². The Morgan fingerprint density at radius 2 is 0.534 bits per heavy atom. The van der Waals surface area contributed by atoms with Gasteiger partial charge in [0.1, 0.15) is 0 Å². The molecule has 0 radical (unpaired) electrons. The molecule has 0 nitrogen and oxygen atoms in total. The summed E-state index contributed by atoms with van der Waals surface area (Å²) in [5.74, 6) is 2.31. The second kappa shape index (κ2) is 22.1. The van der Waals surface area contributed by atoms with E-state index < -0.39 is 0 Å². The lowest BCUT2D eigenvalue weighted by Gasteiger charge is -2.49. The van der Waals surface area contributed by atoms with E-state index in [0.717, 1.165) is 17.8 Å². The molecular weight excluding hydrogens is 697 g/mol. The average molecular weight is 824 g/mol. The van der Waals surface area contributed by atoms with Gasteiger partial charge >= 0.3 is 0 Å². The molecule has 0 saturated carbocycles. The smallest absolute Gasteiger partial charge is 0.0257 e. The van der Waals surface area contributed by atoms with Crippen molar-refractivity contribution in [3.8, 4) is 0 Å². The molecule has 0 N–H and O–H groups in total. The van der Waals surface area contributed by atoms with Crippen molar-refractivity contribution in [1.82, 2.24) is 0 Å². The summed E-state index contributed by atoms with van der Waals surface area (Å²) < 4.78 is 0. The third kappa shape index (κ3) is 28.6. The summed E-state index contributed by atoms with van der Waals surface area (Å²) in [6.07, 6.45) is 3.92. The van der Waals surface area contributed by atoms with E-state index in [0.29, 0.717) is 70.4 Å². The van der Waals surface area contributed by atoms with Gasteiger partial charge in [0.25, 0.3) is 0 Å². The van der Waals surface area contributed by atoms with Gasteiger partial charge in [-0.2, -0.15) is 0 Å². The van der Waals surface area contributed by atoms with E-state index in [-0.39, 0.29) is 0 Å². The highest BCUT2D eigenvalue weighted by Gasteiger charge is 2.42. The second-order valence-corrected chi connectivity index (χ2v) is 32.1. The predicted molar refractivity (Wildman–Crippen MR) is 277 cm³/mol. The molecule has 0 heterocycles. The Bertz CT molecular complexity index is 1020. The van der Waals surface area contributed by atoms with E-state index in [9.17, 15) is 0 Å². The molecule has 0 rings (SSSR count). The van der Waals surface area contributed by atoms with Crippen molar-refractivity contribution in [3.63, 3.8) is 0 Å². The first-order valence-corrected chi connectivity index (χ1v) is 24.1. The van der Waals surface area contributed by atoms with Gasteiger partial charge in [0.15, 0.2) is 0 Å². The molecule has 0 heteroatoms. The van der Waals surface area contributed by atoms with Crippen LogP contribution < -0.4 is 0 Å². The van der Waals surface area contributed by atoms with Crippen LogP contribution in [0.4, 0.5) is 0 Å². The SMILES string of the molecule is CC(C(C)(C)C)C(C)(C)C.CC(C)(C)C(C)(C)C(C)(C)C.CC(C)(C)CC(C)(C)C(C)(C)C.CC(C)(C)CCC(C)(C)C(C)(C)C.CC(C)C(C(C)(C)C)C(C)(C)C. The van der Waals surface area contributed by atoms with Crippen LogP contribution in [-0.4, -0.2) is 0 Å². The zero-order chi connectivity index (χ0) is 49.4. The lowest BCUT2D eigenvalue weighted by atomic mass is 9.56. The fourth-order valence-electron chi connectivity index (χ4n) is 8.38. The maximum Gasteiger partial charge on any atom is -0.0257 e. The molecule has 0 unspecified atom stereocenters. The van der Waals surface area contributed by atoms with Crippen molar-refractivity contribution in [2.75, 3.05) is 0 Å². The van der Waals surface area contributed by atoms with Gasteiger partial charge in [-0.3, -0.25) is 0 Å². The fraction of sp³-hybridized carbons (Fsp3) is 1.00. The van der Waals surface area contributed by atoms with Crippen molar-refractivity contribution in [2.24, 2.45) is 88.1 Å².